The van der Waals surface area contributed by atoms with Gasteiger partial charge in [0.1, 0.15) is 11.1 Å². The van der Waals surface area contributed by atoms with Crippen molar-refractivity contribution in [3.05, 3.63) is 35.5 Å². The first-order chi connectivity index (χ1) is 10.5. The van der Waals surface area contributed by atoms with Gasteiger partial charge in [0, 0.05) is 50.0 Å². The second-order valence-corrected chi connectivity index (χ2v) is 6.21. The van der Waals surface area contributed by atoms with Crippen molar-refractivity contribution < 1.29 is 4.79 Å². The fourth-order valence-corrected chi connectivity index (χ4v) is 2.68. The third-order valence-electron chi connectivity index (χ3n) is 3.58. The highest BCUT2D eigenvalue weighted by atomic mass is 79.9. The zero-order chi connectivity index (χ0) is 15.9. The fourth-order valence-electron chi connectivity index (χ4n) is 2.35. The molecule has 3 aromatic rings. The Morgan fingerprint density at radius 3 is 2.82 bits per heavy atom. The van der Waals surface area contributed by atoms with Crippen LogP contribution in [0.3, 0.4) is 0 Å². The lowest BCUT2D eigenvalue weighted by molar-refractivity contribution is -0.129. The van der Waals surface area contributed by atoms with E-state index < -0.39 is 0 Å². The lowest BCUT2D eigenvalue weighted by atomic mass is 10.1. The number of likely N-dealkylation sites (N-methyl/N-ethyl adjacent to an activating group) is 1. The van der Waals surface area contributed by atoms with Gasteiger partial charge in [-0.05, 0) is 22.0 Å². The summed E-state index contributed by atoms with van der Waals surface area (Å²) in [6.07, 6.45) is 7.56. The molecule has 0 saturated carbocycles. The van der Waals surface area contributed by atoms with Crippen molar-refractivity contribution in [3.63, 3.8) is 0 Å². The highest BCUT2D eigenvalue weighted by Crippen LogP contribution is 2.30. The summed E-state index contributed by atoms with van der Waals surface area (Å²) in [5.41, 5.74) is 3.11. The Morgan fingerprint density at radius 2 is 2.09 bits per heavy atom. The fraction of sp³-hybridized carbons (Fsp3) is 0.267. The number of rotatable bonds is 3. The van der Waals surface area contributed by atoms with Crippen LogP contribution >= 0.6 is 15.9 Å². The molecule has 0 bridgehead atoms. The van der Waals surface area contributed by atoms with E-state index in [0.717, 1.165) is 26.6 Å². The zero-order valence-electron chi connectivity index (χ0n) is 12.6. The summed E-state index contributed by atoms with van der Waals surface area (Å²) in [5.74, 6) is 0.0134. The SMILES string of the molecule is CN(C)C(=O)Cn1cc(-c2cn(C)c3cnc(Br)cc23)cn1. The molecule has 0 N–H and O–H groups in total. The van der Waals surface area contributed by atoms with Crippen LogP contribution in [0.5, 0.6) is 0 Å². The monoisotopic (exact) mass is 361 g/mol. The highest BCUT2D eigenvalue weighted by Gasteiger charge is 2.13. The van der Waals surface area contributed by atoms with Gasteiger partial charge < -0.3 is 9.47 Å². The number of halogens is 1. The van der Waals surface area contributed by atoms with Gasteiger partial charge in [0.05, 0.1) is 17.9 Å². The lowest BCUT2D eigenvalue weighted by Gasteiger charge is -2.09. The number of hydrogen-bond donors (Lipinski definition) is 0. The second kappa shape index (κ2) is 5.57. The smallest absolute Gasteiger partial charge is 0.243 e. The zero-order valence-corrected chi connectivity index (χ0v) is 14.2. The number of amides is 1. The second-order valence-electron chi connectivity index (χ2n) is 5.39. The Hall–Kier alpha value is -2.15. The van der Waals surface area contributed by atoms with E-state index in [1.54, 1.807) is 29.9 Å². The number of nitrogens with zero attached hydrogens (tertiary/aromatic N) is 5. The van der Waals surface area contributed by atoms with Crippen LogP contribution in [-0.2, 0) is 18.4 Å². The standard InChI is InChI=1S/C15H16BrN5O/c1-19(2)15(22)9-21-7-10(5-18-21)12-8-20(3)13-6-17-14(16)4-11(12)13/h4-8H,9H2,1-3H3. The molecule has 0 aliphatic heterocycles. The first kappa shape index (κ1) is 14.8. The largest absolute Gasteiger partial charge is 0.349 e. The van der Waals surface area contributed by atoms with Gasteiger partial charge in [-0.25, -0.2) is 4.98 Å². The van der Waals surface area contributed by atoms with E-state index in [9.17, 15) is 4.79 Å². The maximum Gasteiger partial charge on any atom is 0.243 e. The van der Waals surface area contributed by atoms with Crippen LogP contribution in [0.2, 0.25) is 0 Å². The van der Waals surface area contributed by atoms with E-state index in [4.69, 9.17) is 0 Å². The van der Waals surface area contributed by atoms with E-state index in [2.05, 4.69) is 26.0 Å². The molecule has 0 atom stereocenters. The summed E-state index contributed by atoms with van der Waals surface area (Å²) < 4.78 is 4.49. The average Bonchev–Trinajstić information content (AvgIpc) is 3.03. The number of carbonyl (C=O) groups excluding carboxylic acids is 1. The minimum Gasteiger partial charge on any atom is -0.349 e. The Labute approximate surface area is 136 Å². The molecular formula is C15H16BrN5O. The van der Waals surface area contributed by atoms with Gasteiger partial charge in [-0.15, -0.1) is 0 Å². The van der Waals surface area contributed by atoms with Gasteiger partial charge in [-0.3, -0.25) is 9.48 Å². The van der Waals surface area contributed by atoms with E-state index in [1.807, 2.05) is 36.3 Å². The predicted octanol–water partition coefficient (Wildman–Crippen LogP) is 2.29. The third kappa shape index (κ3) is 2.64. The number of aromatic nitrogens is 4. The maximum absolute atomic E-state index is 11.8. The van der Waals surface area contributed by atoms with Crippen LogP contribution in [0.15, 0.2) is 35.5 Å². The first-order valence-corrected chi connectivity index (χ1v) is 7.58. The Bertz CT molecular complexity index is 849. The van der Waals surface area contributed by atoms with Crippen molar-refractivity contribution >= 4 is 32.7 Å². The molecule has 0 radical (unpaired) electrons. The first-order valence-electron chi connectivity index (χ1n) is 6.79. The maximum atomic E-state index is 11.8. The van der Waals surface area contributed by atoms with E-state index >= 15 is 0 Å². The minimum atomic E-state index is 0.0134. The average molecular weight is 362 g/mol. The van der Waals surface area contributed by atoms with E-state index in [0.29, 0.717) is 0 Å². The van der Waals surface area contributed by atoms with Crippen molar-refractivity contribution in [2.45, 2.75) is 6.54 Å². The van der Waals surface area contributed by atoms with Crippen molar-refractivity contribution in [1.82, 2.24) is 24.2 Å². The van der Waals surface area contributed by atoms with Crippen LogP contribution in [0.1, 0.15) is 0 Å². The van der Waals surface area contributed by atoms with Gasteiger partial charge in [-0.1, -0.05) is 0 Å². The summed E-state index contributed by atoms with van der Waals surface area (Å²) in [6.45, 7) is 0.239. The molecule has 0 aromatic carbocycles. The van der Waals surface area contributed by atoms with E-state index in [1.165, 1.54) is 0 Å². The number of carbonyl (C=O) groups is 1. The summed E-state index contributed by atoms with van der Waals surface area (Å²) in [5, 5.41) is 5.39. The third-order valence-corrected chi connectivity index (χ3v) is 4.02. The van der Waals surface area contributed by atoms with Crippen molar-refractivity contribution in [3.8, 4) is 11.1 Å². The van der Waals surface area contributed by atoms with Gasteiger partial charge in [0.2, 0.25) is 5.91 Å². The van der Waals surface area contributed by atoms with Crippen molar-refractivity contribution in [2.24, 2.45) is 7.05 Å². The van der Waals surface area contributed by atoms with Crippen LogP contribution in [-0.4, -0.2) is 44.2 Å². The van der Waals surface area contributed by atoms with Gasteiger partial charge in [0.15, 0.2) is 0 Å². The topological polar surface area (TPSA) is 56.0 Å². The molecule has 0 unspecified atom stereocenters. The molecule has 0 aliphatic carbocycles. The minimum absolute atomic E-state index is 0.0134. The molecule has 0 spiro atoms. The summed E-state index contributed by atoms with van der Waals surface area (Å²) >= 11 is 3.41. The number of hydrogen-bond acceptors (Lipinski definition) is 3. The predicted molar refractivity (Wildman–Crippen MR) is 88.3 cm³/mol. The summed E-state index contributed by atoms with van der Waals surface area (Å²) in [6, 6.07) is 1.99. The molecule has 7 heteroatoms. The lowest BCUT2D eigenvalue weighted by Crippen LogP contribution is -2.26. The Kier molecular flexibility index (Phi) is 3.74. The van der Waals surface area contributed by atoms with Crippen LogP contribution in [0, 0.1) is 0 Å². The summed E-state index contributed by atoms with van der Waals surface area (Å²) in [7, 11) is 5.46. The van der Waals surface area contributed by atoms with Crippen LogP contribution in [0.4, 0.5) is 0 Å². The molecule has 1 amide bonds. The molecule has 3 rings (SSSR count). The normalized spacial score (nSPS) is 11.1. The number of fused-ring (bicyclic) bond motifs is 1. The van der Waals surface area contributed by atoms with Crippen LogP contribution in [0.25, 0.3) is 22.0 Å². The molecule has 0 saturated heterocycles. The van der Waals surface area contributed by atoms with Gasteiger partial charge >= 0.3 is 0 Å². The molecule has 0 fully saturated rings. The molecule has 6 nitrogen and oxygen atoms in total. The number of pyridine rings is 1. The highest BCUT2D eigenvalue weighted by molar-refractivity contribution is 9.10. The molecule has 3 heterocycles. The quantitative estimate of drug-likeness (QED) is 0.672. The molecule has 22 heavy (non-hydrogen) atoms. The van der Waals surface area contributed by atoms with Crippen molar-refractivity contribution in [2.75, 3.05) is 14.1 Å². The summed E-state index contributed by atoms with van der Waals surface area (Å²) in [4.78, 5) is 17.6. The molecule has 114 valence electrons. The molecule has 3 aromatic heterocycles. The Morgan fingerprint density at radius 1 is 1.32 bits per heavy atom. The van der Waals surface area contributed by atoms with Gasteiger partial charge in [0.25, 0.3) is 0 Å². The van der Waals surface area contributed by atoms with Crippen molar-refractivity contribution in [1.29, 1.82) is 0 Å². The van der Waals surface area contributed by atoms with Crippen LogP contribution < -0.4 is 0 Å². The molecular weight excluding hydrogens is 346 g/mol. The molecule has 0 aliphatic rings. The number of aryl methyl sites for hydroxylation is 1. The Balaban J connectivity index is 2.00. The van der Waals surface area contributed by atoms with Gasteiger partial charge in [-0.2, -0.15) is 5.10 Å². The van der Waals surface area contributed by atoms with E-state index in [-0.39, 0.29) is 12.5 Å².